The van der Waals surface area contributed by atoms with Crippen LogP contribution in [0.5, 0.6) is 0 Å². The normalized spacial score (nSPS) is 23.9. The summed E-state index contributed by atoms with van der Waals surface area (Å²) < 4.78 is 1.09. The Morgan fingerprint density at radius 2 is 2.21 bits per heavy atom. The minimum atomic E-state index is 0.0975. The average Bonchev–Trinajstić information content (AvgIpc) is 2.05. The summed E-state index contributed by atoms with van der Waals surface area (Å²) in [6.45, 7) is 4.36. The number of nitrogens with two attached hydrogens (primary N) is 1. The van der Waals surface area contributed by atoms with E-state index in [2.05, 4.69) is 47.2 Å². The fraction of sp³-hybridized carbons (Fsp3) is 0.455. The van der Waals surface area contributed by atoms with Gasteiger partial charge in [-0.05, 0) is 44.0 Å². The van der Waals surface area contributed by atoms with Gasteiger partial charge >= 0.3 is 0 Å². The Labute approximate surface area is 93.0 Å². The topological polar surface area (TPSA) is 38.0 Å². The van der Waals surface area contributed by atoms with Crippen molar-refractivity contribution in [2.45, 2.75) is 31.8 Å². The lowest BCUT2D eigenvalue weighted by Crippen LogP contribution is -2.39. The third kappa shape index (κ3) is 1.79. The number of fused-ring (bicyclic) bond motifs is 1. The maximum atomic E-state index is 6.13. The molecule has 0 amide bonds. The molecule has 76 valence electrons. The van der Waals surface area contributed by atoms with E-state index in [4.69, 9.17) is 5.73 Å². The lowest BCUT2D eigenvalue weighted by Gasteiger charge is -2.37. The predicted molar refractivity (Wildman–Crippen MR) is 63.4 cm³/mol. The molecule has 3 heteroatoms. The van der Waals surface area contributed by atoms with Crippen molar-refractivity contribution in [3.63, 3.8) is 0 Å². The van der Waals surface area contributed by atoms with E-state index in [0.29, 0.717) is 0 Å². The Hall–Kier alpha value is -0.540. The van der Waals surface area contributed by atoms with Crippen LogP contribution in [0.1, 0.15) is 31.9 Å². The molecule has 0 spiro atoms. The Kier molecular flexibility index (Phi) is 2.32. The number of anilines is 1. The van der Waals surface area contributed by atoms with Gasteiger partial charge in [0.2, 0.25) is 0 Å². The fourth-order valence-corrected chi connectivity index (χ4v) is 2.41. The van der Waals surface area contributed by atoms with E-state index >= 15 is 0 Å². The number of nitrogens with one attached hydrogen (secondary N) is 1. The number of rotatable bonds is 0. The SMILES string of the molecule is CC1(C)C[C@@H](N)c2cc(Br)ccc2N1. The van der Waals surface area contributed by atoms with Crippen LogP contribution in [0, 0.1) is 0 Å². The summed E-state index contributed by atoms with van der Waals surface area (Å²) in [5, 5.41) is 3.49. The molecule has 1 heterocycles. The summed E-state index contributed by atoms with van der Waals surface area (Å²) in [5.41, 5.74) is 8.60. The first-order chi connectivity index (χ1) is 6.48. The first kappa shape index (κ1) is 9.99. The molecule has 0 unspecified atom stereocenters. The molecule has 1 atom stereocenters. The van der Waals surface area contributed by atoms with Crippen LogP contribution >= 0.6 is 15.9 Å². The summed E-state index contributed by atoms with van der Waals surface area (Å²) in [5.74, 6) is 0. The molecule has 2 nitrogen and oxygen atoms in total. The smallest absolute Gasteiger partial charge is 0.0393 e. The van der Waals surface area contributed by atoms with Gasteiger partial charge in [-0.2, -0.15) is 0 Å². The van der Waals surface area contributed by atoms with Crippen molar-refractivity contribution in [3.05, 3.63) is 28.2 Å². The Balaban J connectivity index is 2.45. The molecule has 0 bridgehead atoms. The van der Waals surface area contributed by atoms with E-state index in [9.17, 15) is 0 Å². The van der Waals surface area contributed by atoms with E-state index in [1.54, 1.807) is 0 Å². The van der Waals surface area contributed by atoms with E-state index in [1.165, 1.54) is 5.56 Å². The number of halogens is 1. The van der Waals surface area contributed by atoms with Gasteiger partial charge in [-0.15, -0.1) is 0 Å². The van der Waals surface area contributed by atoms with E-state index < -0.39 is 0 Å². The summed E-state index contributed by atoms with van der Waals surface area (Å²) in [7, 11) is 0. The van der Waals surface area contributed by atoms with E-state index in [-0.39, 0.29) is 11.6 Å². The average molecular weight is 255 g/mol. The van der Waals surface area contributed by atoms with Crippen LogP contribution in [0.3, 0.4) is 0 Å². The highest BCUT2D eigenvalue weighted by Gasteiger charge is 2.29. The van der Waals surface area contributed by atoms with Crippen LogP contribution in [0.2, 0.25) is 0 Å². The van der Waals surface area contributed by atoms with Crippen LogP contribution in [0.25, 0.3) is 0 Å². The summed E-state index contributed by atoms with van der Waals surface area (Å²) in [6.07, 6.45) is 0.969. The van der Waals surface area contributed by atoms with Crippen LogP contribution < -0.4 is 11.1 Å². The minimum absolute atomic E-state index is 0.0975. The van der Waals surface area contributed by atoms with Crippen molar-refractivity contribution in [2.75, 3.05) is 5.32 Å². The van der Waals surface area contributed by atoms with Gasteiger partial charge in [0.25, 0.3) is 0 Å². The lowest BCUT2D eigenvalue weighted by atomic mass is 9.86. The van der Waals surface area contributed by atoms with Gasteiger partial charge in [0, 0.05) is 21.7 Å². The maximum Gasteiger partial charge on any atom is 0.0393 e. The number of hydrogen-bond acceptors (Lipinski definition) is 2. The summed E-state index contributed by atoms with van der Waals surface area (Å²) >= 11 is 3.46. The molecule has 0 fully saturated rings. The first-order valence-corrected chi connectivity index (χ1v) is 5.60. The highest BCUT2D eigenvalue weighted by Crippen LogP contribution is 2.37. The van der Waals surface area contributed by atoms with E-state index in [1.807, 2.05) is 6.07 Å². The molecule has 1 aliphatic rings. The van der Waals surface area contributed by atoms with Crippen molar-refractivity contribution in [2.24, 2.45) is 5.73 Å². The van der Waals surface area contributed by atoms with Crippen LogP contribution in [-0.4, -0.2) is 5.54 Å². The summed E-state index contributed by atoms with van der Waals surface area (Å²) in [4.78, 5) is 0. The Bertz CT molecular complexity index is 360. The standard InChI is InChI=1S/C11H15BrN2/c1-11(2)6-9(13)8-5-7(12)3-4-10(8)14-11/h3-5,9,14H,6,13H2,1-2H3/t9-/m1/s1. The quantitative estimate of drug-likeness (QED) is 0.747. The molecular weight excluding hydrogens is 240 g/mol. The van der Waals surface area contributed by atoms with Crippen LogP contribution in [0.15, 0.2) is 22.7 Å². The van der Waals surface area contributed by atoms with Crippen LogP contribution in [0.4, 0.5) is 5.69 Å². The largest absolute Gasteiger partial charge is 0.380 e. The second-order valence-electron chi connectivity index (χ2n) is 4.55. The first-order valence-electron chi connectivity index (χ1n) is 4.81. The predicted octanol–water partition coefficient (Wildman–Crippen LogP) is 3.04. The van der Waals surface area contributed by atoms with Crippen LogP contribution in [-0.2, 0) is 0 Å². The van der Waals surface area contributed by atoms with Gasteiger partial charge in [0.15, 0.2) is 0 Å². The molecule has 14 heavy (non-hydrogen) atoms. The van der Waals surface area contributed by atoms with Gasteiger partial charge in [-0.3, -0.25) is 0 Å². The highest BCUT2D eigenvalue weighted by molar-refractivity contribution is 9.10. The Morgan fingerprint density at radius 1 is 1.50 bits per heavy atom. The van der Waals surface area contributed by atoms with Crippen molar-refractivity contribution < 1.29 is 0 Å². The molecule has 2 rings (SSSR count). The van der Waals surface area contributed by atoms with Gasteiger partial charge < -0.3 is 11.1 Å². The highest BCUT2D eigenvalue weighted by atomic mass is 79.9. The maximum absolute atomic E-state index is 6.13. The van der Waals surface area contributed by atoms with Crippen molar-refractivity contribution >= 4 is 21.6 Å². The molecule has 0 aromatic heterocycles. The van der Waals surface area contributed by atoms with Crippen molar-refractivity contribution in [3.8, 4) is 0 Å². The lowest BCUT2D eigenvalue weighted by molar-refractivity contribution is 0.444. The fourth-order valence-electron chi connectivity index (χ4n) is 2.03. The Morgan fingerprint density at radius 3 is 2.93 bits per heavy atom. The summed E-state index contributed by atoms with van der Waals surface area (Å²) in [6, 6.07) is 6.36. The third-order valence-corrected chi connectivity index (χ3v) is 3.11. The number of hydrogen-bond donors (Lipinski definition) is 2. The van der Waals surface area contributed by atoms with Gasteiger partial charge in [0.1, 0.15) is 0 Å². The van der Waals surface area contributed by atoms with Crippen molar-refractivity contribution in [1.29, 1.82) is 0 Å². The van der Waals surface area contributed by atoms with Gasteiger partial charge in [0.05, 0.1) is 0 Å². The molecule has 1 aliphatic heterocycles. The minimum Gasteiger partial charge on any atom is -0.380 e. The van der Waals surface area contributed by atoms with Gasteiger partial charge in [-0.25, -0.2) is 0 Å². The molecule has 0 aliphatic carbocycles. The molecule has 1 aromatic carbocycles. The molecular formula is C11H15BrN2. The number of benzene rings is 1. The zero-order valence-electron chi connectivity index (χ0n) is 8.47. The van der Waals surface area contributed by atoms with Gasteiger partial charge in [-0.1, -0.05) is 15.9 Å². The third-order valence-electron chi connectivity index (χ3n) is 2.62. The zero-order chi connectivity index (χ0) is 10.3. The molecule has 3 N–H and O–H groups in total. The van der Waals surface area contributed by atoms with E-state index in [0.717, 1.165) is 16.6 Å². The monoisotopic (exact) mass is 254 g/mol. The zero-order valence-corrected chi connectivity index (χ0v) is 10.1. The molecule has 0 saturated heterocycles. The molecule has 1 aromatic rings. The molecule has 0 radical (unpaired) electrons. The van der Waals surface area contributed by atoms with Crippen molar-refractivity contribution in [1.82, 2.24) is 0 Å². The molecule has 0 saturated carbocycles. The second-order valence-corrected chi connectivity index (χ2v) is 5.47. The second kappa shape index (κ2) is 3.24.